The van der Waals surface area contributed by atoms with Crippen LogP contribution in [0.4, 0.5) is 45.9 Å². The third-order valence-electron chi connectivity index (χ3n) is 18.7. The summed E-state index contributed by atoms with van der Waals surface area (Å²) in [5, 5.41) is 19.8. The van der Waals surface area contributed by atoms with Crippen molar-refractivity contribution in [3.63, 3.8) is 0 Å². The lowest BCUT2D eigenvalue weighted by atomic mass is 10.00. The molecule has 3 saturated heterocycles. The average Bonchev–Trinajstić information content (AvgIpc) is 1.19. The normalized spacial score (nSPS) is 15.9. The van der Waals surface area contributed by atoms with Gasteiger partial charge in [0.1, 0.15) is 0 Å². The van der Waals surface area contributed by atoms with E-state index in [1.807, 2.05) is 88.7 Å². The first-order chi connectivity index (χ1) is 45.4. The number of ether oxygens (including phenoxy) is 1. The lowest BCUT2D eigenvalue weighted by Crippen LogP contribution is -2.50. The third-order valence-corrected chi connectivity index (χ3v) is 18.7. The van der Waals surface area contributed by atoms with E-state index in [-0.39, 0.29) is 41.6 Å². The van der Waals surface area contributed by atoms with Gasteiger partial charge in [0.2, 0.25) is 0 Å². The van der Waals surface area contributed by atoms with Crippen LogP contribution in [0.1, 0.15) is 151 Å². The van der Waals surface area contributed by atoms with E-state index in [4.69, 9.17) is 4.74 Å². The van der Waals surface area contributed by atoms with Crippen molar-refractivity contribution < 1.29 is 37.6 Å². The highest BCUT2D eigenvalue weighted by Gasteiger charge is 2.34. The summed E-state index contributed by atoms with van der Waals surface area (Å²) in [6.07, 6.45) is 12.6. The van der Waals surface area contributed by atoms with Gasteiger partial charge in [-0.15, -0.1) is 0 Å². The molecule has 3 aliphatic heterocycles. The molecule has 0 bridgehead atoms. The molecule has 3 unspecified atom stereocenters. The van der Waals surface area contributed by atoms with E-state index in [1.165, 1.54) is 51.0 Å². The highest BCUT2D eigenvalue weighted by Crippen LogP contribution is 2.30. The fraction of sp³-hybridized carbons (Fsp3) is 0.467. The van der Waals surface area contributed by atoms with Crippen LogP contribution in [-0.4, -0.2) is 141 Å². The number of piperidine rings is 3. The van der Waals surface area contributed by atoms with E-state index >= 15 is 0 Å². The van der Waals surface area contributed by atoms with Crippen LogP contribution < -0.4 is 16.0 Å². The molecule has 0 radical (unpaired) electrons. The van der Waals surface area contributed by atoms with E-state index < -0.39 is 28.6 Å². The Balaban J connectivity index is 0.000000200. The van der Waals surface area contributed by atoms with Crippen LogP contribution in [0.25, 0.3) is 0 Å². The van der Waals surface area contributed by atoms with Crippen LogP contribution >= 0.6 is 0 Å². The summed E-state index contributed by atoms with van der Waals surface area (Å²) in [7, 11) is 1.35. The molecule has 3 fully saturated rings. The van der Waals surface area contributed by atoms with Gasteiger partial charge in [0.25, 0.3) is 5.69 Å². The van der Waals surface area contributed by atoms with Crippen molar-refractivity contribution in [1.29, 1.82) is 0 Å². The molecule has 3 N–H and O–H groups in total. The Bertz CT molecular complexity index is 3290. The Kier molecular flexibility index (Phi) is 29.2. The van der Waals surface area contributed by atoms with Gasteiger partial charge in [-0.25, -0.2) is 28.0 Å². The topological polar surface area (TPSA) is 176 Å². The molecule has 94 heavy (non-hydrogen) atoms. The van der Waals surface area contributed by atoms with Crippen molar-refractivity contribution in [2.45, 2.75) is 181 Å². The number of nitrogens with zero attached hydrogens (tertiary/aromatic N) is 7. The molecule has 6 aromatic rings. The van der Waals surface area contributed by atoms with Crippen molar-refractivity contribution in [2.75, 3.05) is 62.3 Å². The molecule has 0 saturated carbocycles. The number of carbonyl (C=O) groups excluding carboxylic acids is 4. The van der Waals surface area contributed by atoms with Crippen LogP contribution in [-0.2, 0) is 24.4 Å². The number of halogens is 2. The molecule has 0 aromatic heterocycles. The van der Waals surface area contributed by atoms with Crippen molar-refractivity contribution in [2.24, 2.45) is 0 Å². The molecule has 3 heterocycles. The molecule has 506 valence electrons. The van der Waals surface area contributed by atoms with Crippen LogP contribution in [0.2, 0.25) is 0 Å². The number of nitro groups is 1. The lowest BCUT2D eigenvalue weighted by molar-refractivity contribution is -0.385. The number of nitro benzene ring substituents is 1. The number of nitrogens with one attached hydrogen (secondary N) is 3. The second-order valence-electron chi connectivity index (χ2n) is 25.2. The maximum absolute atomic E-state index is 14.1. The van der Waals surface area contributed by atoms with Gasteiger partial charge >= 0.3 is 24.1 Å². The summed E-state index contributed by atoms with van der Waals surface area (Å²) in [6, 6.07) is 46.6. The molecule has 0 aliphatic carbocycles. The Morgan fingerprint density at radius 1 is 0.511 bits per heavy atom. The van der Waals surface area contributed by atoms with Gasteiger partial charge < -0.3 is 50.1 Å². The summed E-state index contributed by atoms with van der Waals surface area (Å²) >= 11 is 0. The second-order valence-corrected chi connectivity index (χ2v) is 25.2. The summed E-state index contributed by atoms with van der Waals surface area (Å²) in [4.78, 5) is 75.5. The fourth-order valence-corrected chi connectivity index (χ4v) is 13.1. The lowest BCUT2D eigenvalue weighted by Gasteiger charge is -2.40. The largest absolute Gasteiger partial charge is 0.465 e. The summed E-state index contributed by atoms with van der Waals surface area (Å²) in [5.41, 5.74) is 5.14. The molecular weight excluding hydrogens is 1190 g/mol. The highest BCUT2D eigenvalue weighted by atomic mass is 19.2. The van der Waals surface area contributed by atoms with Gasteiger partial charge in [0.05, 0.1) is 34.5 Å². The number of likely N-dealkylation sites (tertiary alicyclic amines) is 3. The van der Waals surface area contributed by atoms with Crippen LogP contribution in [0.5, 0.6) is 0 Å². The number of anilines is 3. The predicted octanol–water partition coefficient (Wildman–Crippen LogP) is 16.4. The molecular formula is C75H100F2N10O7. The Hall–Kier alpha value is -8.26. The SMILES string of the molecule is CCCC(C)N1CCC(N(Cc2ccccc2)C(=O)Nc2ccc(C(=O)OC)cc2)CC1.CCCC(C)N1CCC(N(Cc2ccccc2)C(=O)Nc2cccc(F)c2F)CC1.CCCC(C)N1CCC(N(Cc2ccccc2)C(=O)Nc2cccc([N+](=O)[O-])c2C)CC1. The summed E-state index contributed by atoms with van der Waals surface area (Å²) in [6.45, 7) is 22.5. The zero-order chi connectivity index (χ0) is 67.5. The first kappa shape index (κ1) is 73.2. The minimum Gasteiger partial charge on any atom is -0.465 e. The molecule has 9 rings (SSSR count). The standard InChI is InChI=1S/C26H35N3O3.C25H34N4O3.C24H31F2N3O/c1-4-8-20(2)28-17-15-24(16-18-28)29(19-21-9-6-5-7-10-21)26(31)27-23-13-11-22(12-14-23)25(30)32-3;1-4-9-19(2)27-16-14-22(15-17-27)28(18-21-10-6-5-7-11-21)25(30)26-23-12-8-13-24(20(23)3)29(31)32;1-3-8-18(2)28-15-13-20(14-16-28)29(17-19-9-5-4-6-10-19)24(30)27-22-12-7-11-21(25)23(22)26/h5-7,9-14,20,24H,4,8,15-19H2,1-3H3,(H,27,31);5-8,10-13,19,22H,4,9,14-18H2,1-3H3,(H,26,30);4-7,9-12,18,20H,3,8,13-17H2,1-2H3,(H,27,30). The van der Waals surface area contributed by atoms with Gasteiger partial charge in [0, 0.05) is 107 Å². The van der Waals surface area contributed by atoms with E-state index in [0.717, 1.165) is 113 Å². The van der Waals surface area contributed by atoms with Crippen molar-refractivity contribution in [3.8, 4) is 0 Å². The van der Waals surface area contributed by atoms with Gasteiger partial charge in [-0.05, 0) is 145 Å². The smallest absolute Gasteiger partial charge is 0.337 e. The molecule has 0 spiro atoms. The Morgan fingerprint density at radius 2 is 0.862 bits per heavy atom. The highest BCUT2D eigenvalue weighted by molar-refractivity contribution is 5.93. The maximum Gasteiger partial charge on any atom is 0.337 e. The number of esters is 1. The zero-order valence-corrected chi connectivity index (χ0v) is 56.5. The fourth-order valence-electron chi connectivity index (χ4n) is 13.1. The maximum atomic E-state index is 14.1. The average molecular weight is 1290 g/mol. The summed E-state index contributed by atoms with van der Waals surface area (Å²) in [5.74, 6) is -2.40. The number of carbonyl (C=O) groups is 4. The number of rotatable bonds is 23. The monoisotopic (exact) mass is 1290 g/mol. The third kappa shape index (κ3) is 21.6. The van der Waals surface area contributed by atoms with Crippen LogP contribution in [0.3, 0.4) is 0 Å². The zero-order valence-electron chi connectivity index (χ0n) is 56.5. The quantitative estimate of drug-likeness (QED) is 0.0318. The van der Waals surface area contributed by atoms with Gasteiger partial charge in [-0.3, -0.25) is 10.1 Å². The number of hydrogen-bond donors (Lipinski definition) is 3. The minimum absolute atomic E-state index is 0.00984. The summed E-state index contributed by atoms with van der Waals surface area (Å²) < 4.78 is 32.4. The minimum atomic E-state index is -1.03. The van der Waals surface area contributed by atoms with Gasteiger partial charge in [-0.2, -0.15) is 0 Å². The van der Waals surface area contributed by atoms with Gasteiger partial charge in [-0.1, -0.05) is 143 Å². The molecule has 6 aromatic carbocycles. The molecule has 19 heteroatoms. The van der Waals surface area contributed by atoms with Crippen molar-refractivity contribution in [1.82, 2.24) is 29.4 Å². The van der Waals surface area contributed by atoms with E-state index in [1.54, 1.807) is 48.2 Å². The van der Waals surface area contributed by atoms with Gasteiger partial charge in [0.15, 0.2) is 11.6 Å². The first-order valence-corrected chi connectivity index (χ1v) is 33.8. The van der Waals surface area contributed by atoms with Crippen LogP contribution in [0.15, 0.2) is 152 Å². The number of amides is 6. The number of hydrogen-bond acceptors (Lipinski definition) is 10. The van der Waals surface area contributed by atoms with Crippen molar-refractivity contribution in [3.05, 3.63) is 201 Å². The first-order valence-electron chi connectivity index (χ1n) is 33.8. The number of benzene rings is 6. The molecule has 6 amide bonds. The molecule has 17 nitrogen and oxygen atoms in total. The van der Waals surface area contributed by atoms with E-state index in [9.17, 15) is 38.1 Å². The predicted molar refractivity (Wildman–Crippen MR) is 372 cm³/mol. The van der Waals surface area contributed by atoms with Crippen molar-refractivity contribution >= 4 is 46.8 Å². The number of urea groups is 3. The Morgan fingerprint density at radius 3 is 1.22 bits per heavy atom. The van der Waals surface area contributed by atoms with E-state index in [2.05, 4.69) is 84.3 Å². The molecule has 3 aliphatic rings. The Labute approximate surface area is 556 Å². The second kappa shape index (κ2) is 37.6. The van der Waals surface area contributed by atoms with E-state index in [0.29, 0.717) is 60.3 Å². The molecule has 3 atom stereocenters. The van der Waals surface area contributed by atoms with Crippen LogP contribution in [0, 0.1) is 28.7 Å². The number of methoxy groups -OCH3 is 1.